The zero-order valence-corrected chi connectivity index (χ0v) is 14.4. The van der Waals surface area contributed by atoms with E-state index < -0.39 is 5.60 Å². The standard InChI is InChI=1S/C15H19ClN6O2/c1-4-24-13-9-5-6-17-12(9)20-14(21-13)19-10-7-18-22(11(10)16)8-15(2,3)23/h5-7,23H,4,8H2,1-3H3,(H2,17,19,20,21). The van der Waals surface area contributed by atoms with Gasteiger partial charge in [0.15, 0.2) is 5.15 Å². The summed E-state index contributed by atoms with van der Waals surface area (Å²) in [5.74, 6) is 0.837. The SMILES string of the molecule is CCOc1nc(Nc2cnn(CC(C)(C)O)c2Cl)nc2[nH]ccc12. The van der Waals surface area contributed by atoms with Crippen LogP contribution in [0.25, 0.3) is 11.0 Å². The average Bonchev–Trinajstić information content (AvgIpc) is 3.08. The lowest BCUT2D eigenvalue weighted by Gasteiger charge is -2.17. The molecule has 0 aliphatic heterocycles. The second-order valence-corrected chi connectivity index (χ2v) is 6.33. The number of nitrogens with one attached hydrogen (secondary N) is 2. The number of anilines is 2. The number of rotatable bonds is 6. The van der Waals surface area contributed by atoms with Gasteiger partial charge in [-0.05, 0) is 26.8 Å². The van der Waals surface area contributed by atoms with Crippen molar-refractivity contribution in [2.45, 2.75) is 32.9 Å². The van der Waals surface area contributed by atoms with Crippen LogP contribution in [0, 0.1) is 0 Å². The molecule has 3 aromatic rings. The Balaban J connectivity index is 1.90. The van der Waals surface area contributed by atoms with E-state index >= 15 is 0 Å². The summed E-state index contributed by atoms with van der Waals surface area (Å²) in [5.41, 5.74) is 0.291. The molecule has 0 spiro atoms. The van der Waals surface area contributed by atoms with E-state index in [1.165, 1.54) is 4.68 Å². The van der Waals surface area contributed by atoms with Gasteiger partial charge in [-0.3, -0.25) is 0 Å². The molecule has 3 rings (SSSR count). The lowest BCUT2D eigenvalue weighted by Crippen LogP contribution is -2.26. The molecule has 0 saturated carbocycles. The molecule has 0 unspecified atom stereocenters. The molecule has 24 heavy (non-hydrogen) atoms. The molecule has 0 amide bonds. The summed E-state index contributed by atoms with van der Waals surface area (Å²) in [6, 6.07) is 1.86. The maximum atomic E-state index is 9.90. The largest absolute Gasteiger partial charge is 0.477 e. The fourth-order valence-electron chi connectivity index (χ4n) is 2.27. The first-order valence-corrected chi connectivity index (χ1v) is 7.94. The molecule has 0 atom stereocenters. The number of aromatic nitrogens is 5. The summed E-state index contributed by atoms with van der Waals surface area (Å²) >= 11 is 6.31. The summed E-state index contributed by atoms with van der Waals surface area (Å²) in [6.45, 7) is 6.05. The van der Waals surface area contributed by atoms with Crippen molar-refractivity contribution in [3.63, 3.8) is 0 Å². The Kier molecular flexibility index (Phi) is 4.33. The van der Waals surface area contributed by atoms with Crippen LogP contribution in [0.5, 0.6) is 5.88 Å². The molecule has 3 aromatic heterocycles. The molecular formula is C15H19ClN6O2. The molecule has 0 fully saturated rings. The van der Waals surface area contributed by atoms with Gasteiger partial charge < -0.3 is 20.1 Å². The van der Waals surface area contributed by atoms with E-state index in [1.807, 2.05) is 13.0 Å². The topological polar surface area (TPSA) is 101 Å². The lowest BCUT2D eigenvalue weighted by atomic mass is 10.1. The van der Waals surface area contributed by atoms with Gasteiger partial charge in [0.05, 0.1) is 36.0 Å². The van der Waals surface area contributed by atoms with Crippen molar-refractivity contribution in [3.05, 3.63) is 23.6 Å². The van der Waals surface area contributed by atoms with Crippen molar-refractivity contribution in [2.24, 2.45) is 0 Å². The lowest BCUT2D eigenvalue weighted by molar-refractivity contribution is 0.0578. The first-order valence-electron chi connectivity index (χ1n) is 7.56. The van der Waals surface area contributed by atoms with E-state index in [1.54, 1.807) is 26.2 Å². The Bertz CT molecular complexity index is 851. The first-order chi connectivity index (χ1) is 11.4. The zero-order chi connectivity index (χ0) is 17.3. The van der Waals surface area contributed by atoms with Crippen LogP contribution in [0.4, 0.5) is 11.6 Å². The molecule has 3 N–H and O–H groups in total. The Hall–Kier alpha value is -2.32. The van der Waals surface area contributed by atoms with Crippen LogP contribution in [-0.4, -0.2) is 42.0 Å². The quantitative estimate of drug-likeness (QED) is 0.632. The van der Waals surface area contributed by atoms with Gasteiger partial charge in [0, 0.05) is 6.20 Å². The Morgan fingerprint density at radius 2 is 2.21 bits per heavy atom. The van der Waals surface area contributed by atoms with Gasteiger partial charge in [-0.2, -0.15) is 15.1 Å². The van der Waals surface area contributed by atoms with Crippen LogP contribution in [-0.2, 0) is 6.54 Å². The number of halogens is 1. The molecule has 0 radical (unpaired) electrons. The number of aliphatic hydroxyl groups is 1. The second kappa shape index (κ2) is 6.29. The fraction of sp³-hybridized carbons (Fsp3) is 0.400. The van der Waals surface area contributed by atoms with E-state index in [9.17, 15) is 5.11 Å². The Labute approximate surface area is 143 Å². The van der Waals surface area contributed by atoms with Crippen molar-refractivity contribution in [3.8, 4) is 5.88 Å². The monoisotopic (exact) mass is 350 g/mol. The van der Waals surface area contributed by atoms with E-state index in [0.29, 0.717) is 34.9 Å². The highest BCUT2D eigenvalue weighted by Gasteiger charge is 2.19. The van der Waals surface area contributed by atoms with E-state index in [2.05, 4.69) is 25.4 Å². The number of hydrogen-bond donors (Lipinski definition) is 3. The van der Waals surface area contributed by atoms with Crippen molar-refractivity contribution in [2.75, 3.05) is 11.9 Å². The summed E-state index contributed by atoms with van der Waals surface area (Å²) in [4.78, 5) is 11.8. The number of fused-ring (bicyclic) bond motifs is 1. The minimum atomic E-state index is -0.922. The third-order valence-electron chi connectivity index (χ3n) is 3.22. The minimum Gasteiger partial charge on any atom is -0.477 e. The molecular weight excluding hydrogens is 332 g/mol. The molecule has 8 nitrogen and oxygen atoms in total. The summed E-state index contributed by atoms with van der Waals surface area (Å²) in [7, 11) is 0. The van der Waals surface area contributed by atoms with Gasteiger partial charge in [-0.1, -0.05) is 11.6 Å². The van der Waals surface area contributed by atoms with E-state index in [0.717, 1.165) is 5.39 Å². The van der Waals surface area contributed by atoms with Crippen LogP contribution in [0.1, 0.15) is 20.8 Å². The molecule has 0 saturated heterocycles. The second-order valence-electron chi connectivity index (χ2n) is 5.97. The zero-order valence-electron chi connectivity index (χ0n) is 13.7. The highest BCUT2D eigenvalue weighted by molar-refractivity contribution is 6.32. The third kappa shape index (κ3) is 3.44. The predicted molar refractivity (Wildman–Crippen MR) is 91.9 cm³/mol. The van der Waals surface area contributed by atoms with Crippen molar-refractivity contribution in [1.82, 2.24) is 24.7 Å². The Morgan fingerprint density at radius 1 is 1.42 bits per heavy atom. The van der Waals surface area contributed by atoms with Crippen molar-refractivity contribution >= 4 is 34.3 Å². The van der Waals surface area contributed by atoms with Gasteiger partial charge in [-0.15, -0.1) is 0 Å². The van der Waals surface area contributed by atoms with Gasteiger partial charge in [0.25, 0.3) is 0 Å². The predicted octanol–water partition coefficient (Wildman–Crippen LogP) is 2.72. The van der Waals surface area contributed by atoms with Gasteiger partial charge >= 0.3 is 0 Å². The van der Waals surface area contributed by atoms with Gasteiger partial charge in [0.1, 0.15) is 5.65 Å². The van der Waals surface area contributed by atoms with Crippen LogP contribution in [0.15, 0.2) is 18.5 Å². The number of hydrogen-bond acceptors (Lipinski definition) is 6. The number of nitrogens with zero attached hydrogens (tertiary/aromatic N) is 4. The van der Waals surface area contributed by atoms with Crippen LogP contribution in [0.3, 0.4) is 0 Å². The smallest absolute Gasteiger partial charge is 0.232 e. The first kappa shape index (κ1) is 16.5. The van der Waals surface area contributed by atoms with E-state index in [4.69, 9.17) is 16.3 Å². The molecule has 0 aliphatic carbocycles. The molecule has 9 heteroatoms. The molecule has 0 aromatic carbocycles. The maximum Gasteiger partial charge on any atom is 0.232 e. The summed E-state index contributed by atoms with van der Waals surface area (Å²) in [5, 5.41) is 18.3. The highest BCUT2D eigenvalue weighted by Crippen LogP contribution is 2.28. The molecule has 0 aliphatic rings. The minimum absolute atomic E-state index is 0.272. The number of ether oxygens (including phenoxy) is 1. The van der Waals surface area contributed by atoms with E-state index in [-0.39, 0.29) is 6.54 Å². The molecule has 128 valence electrons. The van der Waals surface area contributed by atoms with Crippen LogP contribution in [0.2, 0.25) is 5.15 Å². The highest BCUT2D eigenvalue weighted by atomic mass is 35.5. The Morgan fingerprint density at radius 3 is 2.92 bits per heavy atom. The van der Waals surface area contributed by atoms with Crippen molar-refractivity contribution < 1.29 is 9.84 Å². The average molecular weight is 351 g/mol. The summed E-state index contributed by atoms with van der Waals surface area (Å²) < 4.78 is 7.07. The molecule has 3 heterocycles. The maximum absolute atomic E-state index is 9.90. The third-order valence-corrected chi connectivity index (χ3v) is 3.62. The fourth-order valence-corrected chi connectivity index (χ4v) is 2.47. The van der Waals surface area contributed by atoms with Crippen LogP contribution < -0.4 is 10.1 Å². The summed E-state index contributed by atoms with van der Waals surface area (Å²) in [6.07, 6.45) is 3.34. The number of aromatic amines is 1. The normalized spacial score (nSPS) is 11.9. The van der Waals surface area contributed by atoms with Crippen molar-refractivity contribution in [1.29, 1.82) is 0 Å². The van der Waals surface area contributed by atoms with Gasteiger partial charge in [-0.25, -0.2) is 4.68 Å². The molecule has 0 bridgehead atoms. The van der Waals surface area contributed by atoms with Crippen LogP contribution >= 0.6 is 11.6 Å². The van der Waals surface area contributed by atoms with Gasteiger partial charge in [0.2, 0.25) is 11.8 Å². The number of H-pyrrole nitrogens is 1.